The van der Waals surface area contributed by atoms with E-state index in [9.17, 15) is 0 Å². The topological polar surface area (TPSA) is 26.0 Å². The third-order valence-electron chi connectivity index (χ3n) is 6.51. The Morgan fingerprint density at radius 1 is 1.06 bits per heavy atom. The van der Waals surface area contributed by atoms with E-state index in [4.69, 9.17) is 5.73 Å². The van der Waals surface area contributed by atoms with Crippen molar-refractivity contribution in [2.75, 3.05) is 6.54 Å². The molecule has 4 rings (SSSR count). The van der Waals surface area contributed by atoms with E-state index >= 15 is 0 Å². The summed E-state index contributed by atoms with van der Waals surface area (Å²) in [6.45, 7) is 6.01. The standard InChI is InChI=1S/C15H27N/c1-14(2)13-7-11-6-12(8-13)10-15(14,9-11)4-3-5-16/h11-13H,3-10,16H2,1-2H3. The molecule has 4 aliphatic rings. The highest BCUT2D eigenvalue weighted by Crippen LogP contribution is 2.69. The van der Waals surface area contributed by atoms with Crippen LogP contribution in [0.5, 0.6) is 0 Å². The quantitative estimate of drug-likeness (QED) is 0.774. The normalized spacial score (nSPS) is 48.6. The van der Waals surface area contributed by atoms with Crippen molar-refractivity contribution in [1.29, 1.82) is 0 Å². The zero-order valence-electron chi connectivity index (χ0n) is 11.0. The molecule has 0 aromatic heterocycles. The van der Waals surface area contributed by atoms with Crippen LogP contribution in [0.3, 0.4) is 0 Å². The molecule has 0 saturated heterocycles. The molecule has 1 heteroatoms. The number of nitrogens with two attached hydrogens (primary N) is 1. The Morgan fingerprint density at radius 3 is 2.25 bits per heavy atom. The van der Waals surface area contributed by atoms with Crippen LogP contribution in [0.25, 0.3) is 0 Å². The van der Waals surface area contributed by atoms with Crippen molar-refractivity contribution in [3.05, 3.63) is 0 Å². The molecule has 0 heterocycles. The van der Waals surface area contributed by atoms with Crippen molar-refractivity contribution in [3.8, 4) is 0 Å². The van der Waals surface area contributed by atoms with Crippen molar-refractivity contribution >= 4 is 0 Å². The van der Waals surface area contributed by atoms with Crippen LogP contribution in [0, 0.1) is 28.6 Å². The molecule has 0 spiro atoms. The van der Waals surface area contributed by atoms with Gasteiger partial charge in [0.25, 0.3) is 0 Å². The second-order valence-electron chi connectivity index (χ2n) is 7.44. The van der Waals surface area contributed by atoms with E-state index in [0.29, 0.717) is 10.8 Å². The van der Waals surface area contributed by atoms with Crippen LogP contribution in [0.1, 0.15) is 58.8 Å². The van der Waals surface area contributed by atoms with Gasteiger partial charge in [-0.3, -0.25) is 0 Å². The van der Waals surface area contributed by atoms with Crippen LogP contribution in [0.4, 0.5) is 0 Å². The molecule has 4 bridgehead atoms. The molecule has 1 nitrogen and oxygen atoms in total. The molecule has 0 aromatic rings. The van der Waals surface area contributed by atoms with E-state index in [1.54, 1.807) is 6.42 Å². The van der Waals surface area contributed by atoms with Crippen LogP contribution >= 0.6 is 0 Å². The van der Waals surface area contributed by atoms with Crippen LogP contribution < -0.4 is 5.73 Å². The van der Waals surface area contributed by atoms with E-state index in [0.717, 1.165) is 24.3 Å². The van der Waals surface area contributed by atoms with Gasteiger partial charge < -0.3 is 5.73 Å². The molecule has 92 valence electrons. The molecule has 4 saturated carbocycles. The maximum atomic E-state index is 5.75. The Kier molecular flexibility index (Phi) is 2.41. The van der Waals surface area contributed by atoms with Gasteiger partial charge in [-0.1, -0.05) is 13.8 Å². The third kappa shape index (κ3) is 1.33. The zero-order valence-corrected chi connectivity index (χ0v) is 11.0. The minimum absolute atomic E-state index is 0.593. The Labute approximate surface area is 100 Å². The monoisotopic (exact) mass is 221 g/mol. The molecular formula is C15H27N. The first kappa shape index (κ1) is 11.1. The van der Waals surface area contributed by atoms with Crippen molar-refractivity contribution in [3.63, 3.8) is 0 Å². The number of hydrogen-bond donors (Lipinski definition) is 1. The molecule has 4 fully saturated rings. The summed E-state index contributed by atoms with van der Waals surface area (Å²) in [6, 6.07) is 0. The molecule has 16 heavy (non-hydrogen) atoms. The summed E-state index contributed by atoms with van der Waals surface area (Å²) in [6.07, 6.45) is 10.3. The maximum Gasteiger partial charge on any atom is -0.00771 e. The summed E-state index contributed by atoms with van der Waals surface area (Å²) in [5, 5.41) is 0. The van der Waals surface area contributed by atoms with Crippen molar-refractivity contribution in [2.24, 2.45) is 34.3 Å². The van der Waals surface area contributed by atoms with E-state index in [1.165, 1.54) is 38.5 Å². The van der Waals surface area contributed by atoms with Gasteiger partial charge in [-0.2, -0.15) is 0 Å². The smallest absolute Gasteiger partial charge is 0.00771 e. The fraction of sp³-hybridized carbons (Fsp3) is 1.00. The lowest BCUT2D eigenvalue weighted by Crippen LogP contribution is -2.57. The van der Waals surface area contributed by atoms with Crippen LogP contribution in [-0.4, -0.2) is 6.54 Å². The van der Waals surface area contributed by atoms with Gasteiger partial charge in [0.05, 0.1) is 0 Å². The lowest BCUT2D eigenvalue weighted by Gasteiger charge is -2.66. The Morgan fingerprint density at radius 2 is 1.69 bits per heavy atom. The summed E-state index contributed by atoms with van der Waals surface area (Å²) in [4.78, 5) is 0. The Bertz CT molecular complexity index is 267. The molecule has 0 radical (unpaired) electrons. The van der Waals surface area contributed by atoms with Gasteiger partial charge in [0, 0.05) is 0 Å². The first-order chi connectivity index (χ1) is 7.57. The van der Waals surface area contributed by atoms with Gasteiger partial charge in [-0.15, -0.1) is 0 Å². The highest BCUT2D eigenvalue weighted by molar-refractivity contribution is 5.10. The highest BCUT2D eigenvalue weighted by Gasteiger charge is 2.60. The first-order valence-corrected chi connectivity index (χ1v) is 7.27. The summed E-state index contributed by atoms with van der Waals surface area (Å²) < 4.78 is 0. The zero-order chi connectivity index (χ0) is 11.4. The number of rotatable bonds is 3. The number of hydrogen-bond acceptors (Lipinski definition) is 1. The Balaban J connectivity index is 1.89. The van der Waals surface area contributed by atoms with Crippen molar-refractivity contribution < 1.29 is 0 Å². The van der Waals surface area contributed by atoms with Gasteiger partial charge in [0.1, 0.15) is 0 Å². The largest absolute Gasteiger partial charge is 0.330 e. The molecule has 0 amide bonds. The summed E-state index contributed by atoms with van der Waals surface area (Å²) in [7, 11) is 0. The molecule has 2 atom stereocenters. The average Bonchev–Trinajstić information content (AvgIpc) is 2.23. The fourth-order valence-corrected chi connectivity index (χ4v) is 5.60. The third-order valence-corrected chi connectivity index (χ3v) is 6.51. The van der Waals surface area contributed by atoms with Gasteiger partial charge in [0.2, 0.25) is 0 Å². The highest BCUT2D eigenvalue weighted by atomic mass is 14.7. The predicted molar refractivity (Wildman–Crippen MR) is 68.1 cm³/mol. The first-order valence-electron chi connectivity index (χ1n) is 7.27. The average molecular weight is 221 g/mol. The molecule has 2 unspecified atom stereocenters. The minimum Gasteiger partial charge on any atom is -0.330 e. The maximum absolute atomic E-state index is 5.75. The van der Waals surface area contributed by atoms with Gasteiger partial charge in [-0.05, 0) is 80.1 Å². The summed E-state index contributed by atoms with van der Waals surface area (Å²) in [5.74, 6) is 3.17. The summed E-state index contributed by atoms with van der Waals surface area (Å²) in [5.41, 5.74) is 7.01. The second-order valence-corrected chi connectivity index (χ2v) is 7.44. The van der Waals surface area contributed by atoms with E-state index in [2.05, 4.69) is 13.8 Å². The van der Waals surface area contributed by atoms with Crippen molar-refractivity contribution in [2.45, 2.75) is 58.8 Å². The SMILES string of the molecule is CC1(C)C2CC3CC(C2)CC1(CCCN)C3. The van der Waals surface area contributed by atoms with Gasteiger partial charge in [0.15, 0.2) is 0 Å². The molecule has 0 aliphatic heterocycles. The van der Waals surface area contributed by atoms with E-state index in [-0.39, 0.29) is 0 Å². The Hall–Kier alpha value is -0.0400. The van der Waals surface area contributed by atoms with Gasteiger partial charge >= 0.3 is 0 Å². The lowest BCUT2D eigenvalue weighted by atomic mass is 9.39. The predicted octanol–water partition coefficient (Wildman–Crippen LogP) is 3.58. The molecule has 4 aliphatic carbocycles. The fourth-order valence-electron chi connectivity index (χ4n) is 5.60. The van der Waals surface area contributed by atoms with Crippen LogP contribution in [0.2, 0.25) is 0 Å². The summed E-state index contributed by atoms with van der Waals surface area (Å²) >= 11 is 0. The second kappa shape index (κ2) is 3.48. The van der Waals surface area contributed by atoms with E-state index < -0.39 is 0 Å². The van der Waals surface area contributed by atoms with Crippen LogP contribution in [0.15, 0.2) is 0 Å². The van der Waals surface area contributed by atoms with Crippen LogP contribution in [-0.2, 0) is 0 Å². The molecule has 2 N–H and O–H groups in total. The lowest BCUT2D eigenvalue weighted by molar-refractivity contribution is -0.164. The van der Waals surface area contributed by atoms with E-state index in [1.807, 2.05) is 0 Å². The minimum atomic E-state index is 0.593. The van der Waals surface area contributed by atoms with Crippen molar-refractivity contribution in [1.82, 2.24) is 0 Å². The molecule has 0 aromatic carbocycles. The van der Waals surface area contributed by atoms with Gasteiger partial charge in [-0.25, -0.2) is 0 Å². The molecular weight excluding hydrogens is 194 g/mol.